The molecule has 0 radical (unpaired) electrons. The molecule has 166 valence electrons. The average molecular weight is 500 g/mol. The number of thioether (sulfide) groups is 1. The topological polar surface area (TPSA) is 56.5 Å². The van der Waals surface area contributed by atoms with E-state index in [1.54, 1.807) is 13.2 Å². The second-order valence-corrected chi connectivity index (χ2v) is 8.09. The smallest absolute Gasteiger partial charge is 0.240 e. The Morgan fingerprint density at radius 3 is 2.06 bits per heavy atom. The Hall–Kier alpha value is -1.99. The summed E-state index contributed by atoms with van der Waals surface area (Å²) in [5, 5.41) is 5.28. The van der Waals surface area contributed by atoms with E-state index >= 15 is 0 Å². The second kappa shape index (κ2) is 8.87. The summed E-state index contributed by atoms with van der Waals surface area (Å²) >= 11 is 8.22. The first-order valence-corrected chi connectivity index (χ1v) is 10.8. The van der Waals surface area contributed by atoms with Gasteiger partial charge in [0.25, 0.3) is 0 Å². The van der Waals surface area contributed by atoms with Crippen LogP contribution in [0.3, 0.4) is 0 Å². The molecule has 14 heteroatoms. The number of aromatic nitrogens is 5. The number of hydrogen-bond acceptors (Lipinski definition) is 6. The molecule has 0 aliphatic heterocycles. The molecule has 0 unspecified atom stereocenters. The van der Waals surface area contributed by atoms with E-state index in [0.717, 1.165) is 11.8 Å². The lowest BCUT2D eigenvalue weighted by molar-refractivity contribution is -0.143. The van der Waals surface area contributed by atoms with E-state index in [4.69, 9.17) is 11.6 Å². The third kappa shape index (κ3) is 5.63. The summed E-state index contributed by atoms with van der Waals surface area (Å²) in [7, 11) is 0. The molecule has 2 heterocycles. The van der Waals surface area contributed by atoms with E-state index in [9.17, 15) is 26.3 Å². The van der Waals surface area contributed by atoms with Gasteiger partial charge in [-0.05, 0) is 43.1 Å². The minimum Gasteiger partial charge on any atom is -0.240 e. The van der Waals surface area contributed by atoms with Crippen LogP contribution in [0, 0.1) is 0 Å². The summed E-state index contributed by atoms with van der Waals surface area (Å²) in [5.74, 6) is -0.272. The molecule has 0 bridgehead atoms. The number of rotatable bonds is 5. The molecule has 1 aromatic carbocycles. The zero-order chi connectivity index (χ0) is 23.0. The Morgan fingerprint density at radius 2 is 1.55 bits per heavy atom. The Labute approximate surface area is 185 Å². The first-order chi connectivity index (χ1) is 14.4. The molecule has 0 atom stereocenters. The van der Waals surface area contributed by atoms with Crippen LogP contribution in [0.4, 0.5) is 26.3 Å². The highest BCUT2D eigenvalue weighted by Gasteiger charge is 2.37. The fraction of sp³-hybridized carbons (Fsp3) is 0.294. The van der Waals surface area contributed by atoms with Gasteiger partial charge in [-0.2, -0.15) is 26.3 Å². The summed E-state index contributed by atoms with van der Waals surface area (Å²) < 4.78 is 80.3. The SMILES string of the molecule is CCn1nc(-c2cc(C(F)(F)F)cc(C(F)(F)F)c2)nc1Sc1cc(Cl)nc(SC)n1. The second-order valence-electron chi connectivity index (χ2n) is 5.95. The normalized spacial score (nSPS) is 12.4. The lowest BCUT2D eigenvalue weighted by atomic mass is 10.0. The van der Waals surface area contributed by atoms with E-state index in [0.29, 0.717) is 22.3 Å². The quantitative estimate of drug-likeness (QED) is 0.177. The lowest BCUT2D eigenvalue weighted by Gasteiger charge is -2.13. The molecule has 0 N–H and O–H groups in total. The zero-order valence-corrected chi connectivity index (χ0v) is 18.1. The van der Waals surface area contributed by atoms with Crippen molar-refractivity contribution in [2.45, 2.75) is 41.2 Å². The van der Waals surface area contributed by atoms with E-state index in [2.05, 4.69) is 20.1 Å². The highest BCUT2D eigenvalue weighted by atomic mass is 35.5. The van der Waals surface area contributed by atoms with Crippen molar-refractivity contribution in [3.8, 4) is 11.4 Å². The molecule has 0 saturated heterocycles. The fourth-order valence-corrected chi connectivity index (χ4v) is 4.06. The predicted octanol–water partition coefficient (Wildman–Crippen LogP) is 6.32. The maximum atomic E-state index is 13.2. The van der Waals surface area contributed by atoms with Crippen LogP contribution in [0.2, 0.25) is 5.15 Å². The molecule has 0 saturated carbocycles. The predicted molar refractivity (Wildman–Crippen MR) is 104 cm³/mol. The average Bonchev–Trinajstić information content (AvgIpc) is 3.08. The zero-order valence-electron chi connectivity index (χ0n) is 15.7. The van der Waals surface area contributed by atoms with Crippen LogP contribution < -0.4 is 0 Å². The summed E-state index contributed by atoms with van der Waals surface area (Å²) in [6.07, 6.45) is -8.18. The van der Waals surface area contributed by atoms with Crippen LogP contribution in [-0.2, 0) is 18.9 Å². The van der Waals surface area contributed by atoms with Gasteiger partial charge in [0, 0.05) is 18.2 Å². The number of aryl methyl sites for hydroxylation is 1. The molecule has 3 aromatic rings. The molecule has 3 rings (SSSR count). The van der Waals surface area contributed by atoms with Gasteiger partial charge in [0.2, 0.25) is 0 Å². The van der Waals surface area contributed by atoms with Crippen LogP contribution in [0.15, 0.2) is 39.6 Å². The molecule has 0 aliphatic rings. The maximum Gasteiger partial charge on any atom is 0.416 e. The van der Waals surface area contributed by atoms with Crippen LogP contribution in [0.25, 0.3) is 11.4 Å². The van der Waals surface area contributed by atoms with Crippen molar-refractivity contribution in [1.82, 2.24) is 24.7 Å². The molecular weight excluding hydrogens is 488 g/mol. The summed E-state index contributed by atoms with van der Waals surface area (Å²) in [6, 6.07) is 2.70. The van der Waals surface area contributed by atoms with Crippen molar-refractivity contribution in [1.29, 1.82) is 0 Å². The Balaban J connectivity index is 2.07. The lowest BCUT2D eigenvalue weighted by Crippen LogP contribution is -2.11. The molecule has 0 amide bonds. The number of nitrogens with zero attached hydrogens (tertiary/aromatic N) is 5. The van der Waals surface area contributed by atoms with Gasteiger partial charge >= 0.3 is 12.4 Å². The number of hydrogen-bond donors (Lipinski definition) is 0. The van der Waals surface area contributed by atoms with Gasteiger partial charge < -0.3 is 0 Å². The first kappa shape index (κ1) is 23.7. The fourth-order valence-electron chi connectivity index (χ4n) is 2.43. The Morgan fingerprint density at radius 1 is 0.935 bits per heavy atom. The van der Waals surface area contributed by atoms with Crippen LogP contribution in [-0.4, -0.2) is 31.0 Å². The third-order valence-electron chi connectivity index (χ3n) is 3.81. The van der Waals surface area contributed by atoms with Gasteiger partial charge in [0.15, 0.2) is 16.1 Å². The third-order valence-corrected chi connectivity index (χ3v) is 5.46. The minimum absolute atomic E-state index is 0.0583. The Kier molecular flexibility index (Phi) is 6.77. The van der Waals surface area contributed by atoms with Crippen molar-refractivity contribution >= 4 is 35.1 Å². The molecule has 5 nitrogen and oxygen atoms in total. The van der Waals surface area contributed by atoms with Crippen LogP contribution in [0.5, 0.6) is 0 Å². The largest absolute Gasteiger partial charge is 0.416 e. The van der Waals surface area contributed by atoms with E-state index in [1.165, 1.54) is 22.5 Å². The van der Waals surface area contributed by atoms with Crippen molar-refractivity contribution in [3.05, 3.63) is 40.5 Å². The monoisotopic (exact) mass is 499 g/mol. The number of alkyl halides is 6. The van der Waals surface area contributed by atoms with E-state index in [1.807, 2.05) is 0 Å². The van der Waals surface area contributed by atoms with Crippen molar-refractivity contribution in [2.24, 2.45) is 0 Å². The molecule has 31 heavy (non-hydrogen) atoms. The van der Waals surface area contributed by atoms with Crippen molar-refractivity contribution in [2.75, 3.05) is 6.26 Å². The minimum atomic E-state index is -4.97. The molecule has 0 spiro atoms. The van der Waals surface area contributed by atoms with Gasteiger partial charge in [-0.3, -0.25) is 0 Å². The van der Waals surface area contributed by atoms with E-state index < -0.39 is 29.0 Å². The maximum absolute atomic E-state index is 13.2. The van der Waals surface area contributed by atoms with Gasteiger partial charge in [-0.1, -0.05) is 23.4 Å². The van der Waals surface area contributed by atoms with Gasteiger partial charge in [0.05, 0.1) is 11.1 Å². The standard InChI is InChI=1S/C17H12ClF6N5S2/c1-3-29-15(31-12-7-11(18)25-14(26-12)30-2)27-13(28-29)8-4-9(16(19,20)21)6-10(5-8)17(22,23)24/h4-7H,3H2,1-2H3. The van der Waals surface area contributed by atoms with Gasteiger partial charge in [0.1, 0.15) is 10.2 Å². The van der Waals surface area contributed by atoms with Crippen LogP contribution >= 0.6 is 35.1 Å². The summed E-state index contributed by atoms with van der Waals surface area (Å²) in [6.45, 7) is 1.98. The first-order valence-electron chi connectivity index (χ1n) is 8.42. The molecule has 0 aliphatic carbocycles. The van der Waals surface area contributed by atoms with Crippen LogP contribution in [0.1, 0.15) is 18.1 Å². The van der Waals surface area contributed by atoms with E-state index in [-0.39, 0.29) is 28.7 Å². The Bertz CT molecular complexity index is 1070. The van der Waals surface area contributed by atoms with Gasteiger partial charge in [-0.25, -0.2) is 19.6 Å². The highest BCUT2D eigenvalue weighted by molar-refractivity contribution is 7.99. The summed E-state index contributed by atoms with van der Waals surface area (Å²) in [5.41, 5.74) is -3.28. The highest BCUT2D eigenvalue weighted by Crippen LogP contribution is 2.38. The number of halogens is 7. The molecule has 2 aromatic heterocycles. The van der Waals surface area contributed by atoms with Gasteiger partial charge in [-0.15, -0.1) is 5.10 Å². The van der Waals surface area contributed by atoms with Crippen molar-refractivity contribution < 1.29 is 26.3 Å². The van der Waals surface area contributed by atoms with Crippen molar-refractivity contribution in [3.63, 3.8) is 0 Å². The molecular formula is C17H12ClF6N5S2. The summed E-state index contributed by atoms with van der Waals surface area (Å²) in [4.78, 5) is 12.4. The number of benzene rings is 1. The molecule has 0 fully saturated rings.